The second kappa shape index (κ2) is 5.71. The van der Waals surface area contributed by atoms with Crippen molar-refractivity contribution in [3.63, 3.8) is 0 Å². The maximum Gasteiger partial charge on any atom is 0.228 e. The molecular weight excluding hydrogens is 264 g/mol. The fraction of sp³-hybridized carbons (Fsp3) is 0.462. The number of sulfone groups is 1. The van der Waals surface area contributed by atoms with Crippen LogP contribution in [0.25, 0.3) is 0 Å². The van der Waals surface area contributed by atoms with E-state index < -0.39 is 9.84 Å². The zero-order valence-electron chi connectivity index (χ0n) is 10.8. The van der Waals surface area contributed by atoms with E-state index in [0.717, 1.165) is 13.0 Å². The standard InChI is InChI=1S/C13H18N2O3S/c1-2-19(17,18)12-6-4-3-5-11(12)15-13(16)10-7-8-14-9-10/h3-6,10,14H,2,7-9H2,1H3,(H,15,16). The number of nitrogens with one attached hydrogen (secondary N) is 2. The molecule has 0 aliphatic carbocycles. The Morgan fingerprint density at radius 3 is 2.79 bits per heavy atom. The van der Waals surface area contributed by atoms with Crippen LogP contribution in [0.2, 0.25) is 0 Å². The Kier molecular flexibility index (Phi) is 4.21. The number of benzene rings is 1. The predicted molar refractivity (Wildman–Crippen MR) is 73.8 cm³/mol. The lowest BCUT2D eigenvalue weighted by atomic mass is 10.1. The Morgan fingerprint density at radius 1 is 1.42 bits per heavy atom. The minimum atomic E-state index is -3.33. The smallest absolute Gasteiger partial charge is 0.228 e. The summed E-state index contributed by atoms with van der Waals surface area (Å²) in [5.74, 6) is -0.189. The van der Waals surface area contributed by atoms with Crippen LogP contribution in [0.15, 0.2) is 29.2 Å². The van der Waals surface area contributed by atoms with Crippen LogP contribution >= 0.6 is 0 Å². The number of hydrogen-bond donors (Lipinski definition) is 2. The van der Waals surface area contributed by atoms with Crippen molar-refractivity contribution in [1.29, 1.82) is 0 Å². The molecule has 1 heterocycles. The Morgan fingerprint density at radius 2 is 2.16 bits per heavy atom. The minimum absolute atomic E-state index is 0.0187. The molecule has 1 saturated heterocycles. The average Bonchev–Trinajstić information content (AvgIpc) is 2.93. The van der Waals surface area contributed by atoms with E-state index in [1.807, 2.05) is 0 Å². The Bertz CT molecular complexity index is 563. The molecule has 2 rings (SSSR count). The number of carbonyl (C=O) groups excluding carboxylic acids is 1. The molecule has 1 aromatic rings. The lowest BCUT2D eigenvalue weighted by Crippen LogP contribution is -2.25. The van der Waals surface area contributed by atoms with Gasteiger partial charge in [-0.3, -0.25) is 4.79 Å². The van der Waals surface area contributed by atoms with E-state index in [4.69, 9.17) is 0 Å². The molecule has 0 saturated carbocycles. The van der Waals surface area contributed by atoms with Crippen molar-refractivity contribution in [2.45, 2.75) is 18.2 Å². The van der Waals surface area contributed by atoms with E-state index >= 15 is 0 Å². The van der Waals surface area contributed by atoms with E-state index in [9.17, 15) is 13.2 Å². The van der Waals surface area contributed by atoms with Crippen LogP contribution < -0.4 is 10.6 Å². The van der Waals surface area contributed by atoms with Gasteiger partial charge >= 0.3 is 0 Å². The number of amides is 1. The van der Waals surface area contributed by atoms with Crippen LogP contribution in [-0.4, -0.2) is 33.2 Å². The van der Waals surface area contributed by atoms with Crippen molar-refractivity contribution in [2.75, 3.05) is 24.2 Å². The molecule has 1 amide bonds. The number of carbonyl (C=O) groups is 1. The lowest BCUT2D eigenvalue weighted by Gasteiger charge is -2.13. The number of para-hydroxylation sites is 1. The fourth-order valence-electron chi connectivity index (χ4n) is 2.11. The van der Waals surface area contributed by atoms with E-state index in [1.54, 1.807) is 25.1 Å². The third-order valence-corrected chi connectivity index (χ3v) is 5.08. The molecule has 1 fully saturated rings. The summed E-state index contributed by atoms with van der Waals surface area (Å²) < 4.78 is 23.9. The third kappa shape index (κ3) is 3.13. The molecule has 1 aromatic carbocycles. The average molecular weight is 282 g/mol. The van der Waals surface area contributed by atoms with Crippen molar-refractivity contribution >= 4 is 21.4 Å². The summed E-state index contributed by atoms with van der Waals surface area (Å²) in [6, 6.07) is 6.54. The largest absolute Gasteiger partial charge is 0.325 e. The van der Waals surface area contributed by atoms with Gasteiger partial charge in [0.25, 0.3) is 0 Å². The summed E-state index contributed by atoms with van der Waals surface area (Å²) in [6.45, 7) is 3.07. The topological polar surface area (TPSA) is 75.3 Å². The van der Waals surface area contributed by atoms with Crippen molar-refractivity contribution in [3.05, 3.63) is 24.3 Å². The van der Waals surface area contributed by atoms with Crippen molar-refractivity contribution < 1.29 is 13.2 Å². The summed E-state index contributed by atoms with van der Waals surface area (Å²) in [5, 5.41) is 5.85. The quantitative estimate of drug-likeness (QED) is 0.865. The van der Waals surface area contributed by atoms with Gasteiger partial charge in [-0.25, -0.2) is 8.42 Å². The van der Waals surface area contributed by atoms with Gasteiger partial charge in [-0.2, -0.15) is 0 Å². The summed E-state index contributed by atoms with van der Waals surface area (Å²) in [7, 11) is -3.33. The van der Waals surface area contributed by atoms with Crippen LogP contribution in [0, 0.1) is 5.92 Å². The fourth-order valence-corrected chi connectivity index (χ4v) is 3.16. The van der Waals surface area contributed by atoms with Crippen LogP contribution in [0.4, 0.5) is 5.69 Å². The maximum atomic E-state index is 12.0. The summed E-state index contributed by atoms with van der Waals surface area (Å²) in [6.07, 6.45) is 0.786. The van der Waals surface area contributed by atoms with Crippen molar-refractivity contribution in [1.82, 2.24) is 5.32 Å². The van der Waals surface area contributed by atoms with Gasteiger partial charge in [-0.05, 0) is 25.1 Å². The zero-order chi connectivity index (χ0) is 13.9. The molecule has 0 aromatic heterocycles. The van der Waals surface area contributed by atoms with Gasteiger partial charge in [-0.1, -0.05) is 19.1 Å². The lowest BCUT2D eigenvalue weighted by molar-refractivity contribution is -0.119. The van der Waals surface area contributed by atoms with E-state index in [1.165, 1.54) is 6.07 Å². The highest BCUT2D eigenvalue weighted by Gasteiger charge is 2.24. The van der Waals surface area contributed by atoms with Crippen LogP contribution in [-0.2, 0) is 14.6 Å². The molecule has 1 unspecified atom stereocenters. The highest BCUT2D eigenvalue weighted by atomic mass is 32.2. The third-order valence-electron chi connectivity index (χ3n) is 3.29. The number of hydrogen-bond acceptors (Lipinski definition) is 4. The van der Waals surface area contributed by atoms with Gasteiger partial charge in [-0.15, -0.1) is 0 Å². The molecule has 1 atom stereocenters. The molecule has 2 N–H and O–H groups in total. The van der Waals surface area contributed by atoms with E-state index in [2.05, 4.69) is 10.6 Å². The maximum absolute atomic E-state index is 12.0. The molecule has 1 aliphatic rings. The van der Waals surface area contributed by atoms with Gasteiger partial charge < -0.3 is 10.6 Å². The minimum Gasteiger partial charge on any atom is -0.325 e. The summed E-state index contributed by atoms with van der Waals surface area (Å²) >= 11 is 0. The Labute approximate surface area is 113 Å². The van der Waals surface area contributed by atoms with E-state index in [-0.39, 0.29) is 22.5 Å². The number of anilines is 1. The Balaban J connectivity index is 2.23. The van der Waals surface area contributed by atoms with Crippen molar-refractivity contribution in [2.24, 2.45) is 5.92 Å². The first kappa shape index (κ1) is 14.0. The monoisotopic (exact) mass is 282 g/mol. The zero-order valence-corrected chi connectivity index (χ0v) is 11.7. The van der Waals surface area contributed by atoms with Gasteiger partial charge in [0.1, 0.15) is 0 Å². The summed E-state index contributed by atoms with van der Waals surface area (Å²) in [5.41, 5.74) is 0.376. The van der Waals surface area contributed by atoms with Gasteiger partial charge in [0.2, 0.25) is 5.91 Å². The molecule has 6 heteroatoms. The van der Waals surface area contributed by atoms with Crippen molar-refractivity contribution in [3.8, 4) is 0 Å². The first-order chi connectivity index (χ1) is 9.04. The highest BCUT2D eigenvalue weighted by molar-refractivity contribution is 7.91. The molecule has 104 valence electrons. The van der Waals surface area contributed by atoms with E-state index in [0.29, 0.717) is 12.2 Å². The second-order valence-electron chi connectivity index (χ2n) is 4.58. The van der Waals surface area contributed by atoms with Gasteiger partial charge in [0, 0.05) is 6.54 Å². The van der Waals surface area contributed by atoms with Crippen LogP contribution in [0.5, 0.6) is 0 Å². The first-order valence-electron chi connectivity index (χ1n) is 6.38. The normalized spacial score (nSPS) is 19.3. The highest BCUT2D eigenvalue weighted by Crippen LogP contribution is 2.23. The number of rotatable bonds is 4. The molecule has 0 radical (unpaired) electrons. The molecule has 5 nitrogen and oxygen atoms in total. The first-order valence-corrected chi connectivity index (χ1v) is 8.03. The predicted octanol–water partition coefficient (Wildman–Crippen LogP) is 1.03. The SMILES string of the molecule is CCS(=O)(=O)c1ccccc1NC(=O)C1CCNC1. The van der Waals surface area contributed by atoms with Crippen LogP contribution in [0.3, 0.4) is 0 Å². The molecule has 19 heavy (non-hydrogen) atoms. The van der Waals surface area contributed by atoms with Gasteiger partial charge in [0.05, 0.1) is 22.3 Å². The Hall–Kier alpha value is -1.40. The molecular formula is C13H18N2O3S. The summed E-state index contributed by atoms with van der Waals surface area (Å²) in [4.78, 5) is 12.2. The van der Waals surface area contributed by atoms with Gasteiger partial charge in [0.15, 0.2) is 9.84 Å². The molecule has 0 spiro atoms. The molecule has 0 bridgehead atoms. The molecule has 1 aliphatic heterocycles. The van der Waals surface area contributed by atoms with Crippen LogP contribution in [0.1, 0.15) is 13.3 Å². The second-order valence-corrected chi connectivity index (χ2v) is 6.83.